The summed E-state index contributed by atoms with van der Waals surface area (Å²) in [6.45, 7) is 6.38. The molecule has 1 rings (SSSR count). The van der Waals surface area contributed by atoms with Crippen molar-refractivity contribution in [1.29, 1.82) is 0 Å². The van der Waals surface area contributed by atoms with Crippen molar-refractivity contribution in [2.75, 3.05) is 26.2 Å². The van der Waals surface area contributed by atoms with Crippen LogP contribution in [0.3, 0.4) is 0 Å². The van der Waals surface area contributed by atoms with Crippen LogP contribution in [0.4, 0.5) is 0 Å². The van der Waals surface area contributed by atoms with E-state index in [0.717, 1.165) is 19.5 Å². The van der Waals surface area contributed by atoms with Crippen molar-refractivity contribution in [2.45, 2.75) is 58.3 Å². The Morgan fingerprint density at radius 1 is 1.12 bits per heavy atom. The monoisotopic (exact) mass is 240 g/mol. The Bertz CT molecular complexity index is 200. The Morgan fingerprint density at radius 2 is 1.88 bits per heavy atom. The fourth-order valence-electron chi connectivity index (χ4n) is 2.31. The first-order valence-electron chi connectivity index (χ1n) is 7.32. The van der Waals surface area contributed by atoms with Gasteiger partial charge in [0.1, 0.15) is 0 Å². The lowest BCUT2D eigenvalue weighted by molar-refractivity contribution is -0.121. The van der Waals surface area contributed by atoms with Gasteiger partial charge in [0, 0.05) is 19.5 Å². The molecule has 17 heavy (non-hydrogen) atoms. The number of nitrogens with one attached hydrogen (secondary N) is 1. The smallest absolute Gasteiger partial charge is 0.221 e. The molecule has 0 aromatic heterocycles. The molecule has 1 amide bonds. The van der Waals surface area contributed by atoms with E-state index in [1.807, 2.05) is 0 Å². The second kappa shape index (κ2) is 9.46. The Labute approximate surface area is 106 Å². The molecule has 0 saturated carbocycles. The summed E-state index contributed by atoms with van der Waals surface area (Å²) in [7, 11) is 0. The molecule has 3 heteroatoms. The first-order chi connectivity index (χ1) is 8.33. The van der Waals surface area contributed by atoms with Crippen LogP contribution in [0.5, 0.6) is 0 Å². The molecule has 0 unspecified atom stereocenters. The first kappa shape index (κ1) is 14.5. The van der Waals surface area contributed by atoms with Gasteiger partial charge in [0.2, 0.25) is 5.91 Å². The van der Waals surface area contributed by atoms with Crippen LogP contribution in [0.25, 0.3) is 0 Å². The maximum atomic E-state index is 11.6. The van der Waals surface area contributed by atoms with Crippen LogP contribution in [0.1, 0.15) is 58.3 Å². The summed E-state index contributed by atoms with van der Waals surface area (Å²) < 4.78 is 0. The van der Waals surface area contributed by atoms with Crippen LogP contribution < -0.4 is 5.32 Å². The second-order valence-electron chi connectivity index (χ2n) is 5.06. The maximum Gasteiger partial charge on any atom is 0.221 e. The van der Waals surface area contributed by atoms with Gasteiger partial charge in [-0.05, 0) is 32.4 Å². The van der Waals surface area contributed by atoms with Gasteiger partial charge in [-0.3, -0.25) is 4.79 Å². The molecular formula is C14H28N2O. The molecule has 0 bridgehead atoms. The molecule has 1 aliphatic rings. The number of amides is 1. The van der Waals surface area contributed by atoms with E-state index in [1.54, 1.807) is 0 Å². The zero-order chi connectivity index (χ0) is 12.3. The van der Waals surface area contributed by atoms with Gasteiger partial charge in [0.15, 0.2) is 0 Å². The fourth-order valence-corrected chi connectivity index (χ4v) is 2.31. The van der Waals surface area contributed by atoms with Crippen LogP contribution in [0, 0.1) is 0 Å². The molecule has 0 spiro atoms. The van der Waals surface area contributed by atoms with E-state index in [0.29, 0.717) is 6.42 Å². The number of nitrogens with zero attached hydrogens (tertiary/aromatic N) is 1. The average molecular weight is 240 g/mol. The second-order valence-corrected chi connectivity index (χ2v) is 5.06. The predicted octanol–water partition coefficient (Wildman–Crippen LogP) is 2.56. The SMILES string of the molecule is CCCCCCNC(=O)CCN1CCCCC1. The summed E-state index contributed by atoms with van der Waals surface area (Å²) in [4.78, 5) is 14.0. The van der Waals surface area contributed by atoms with Crippen molar-refractivity contribution in [3.05, 3.63) is 0 Å². The normalized spacial score (nSPS) is 17.0. The maximum absolute atomic E-state index is 11.6. The van der Waals surface area contributed by atoms with Gasteiger partial charge in [-0.1, -0.05) is 32.6 Å². The molecule has 0 aliphatic carbocycles. The molecule has 1 saturated heterocycles. The topological polar surface area (TPSA) is 32.3 Å². The van der Waals surface area contributed by atoms with E-state index in [9.17, 15) is 4.79 Å². The number of piperidine rings is 1. The first-order valence-corrected chi connectivity index (χ1v) is 7.32. The third kappa shape index (κ3) is 7.37. The molecule has 0 atom stereocenters. The van der Waals surface area contributed by atoms with Gasteiger partial charge in [-0.15, -0.1) is 0 Å². The van der Waals surface area contributed by atoms with Gasteiger partial charge in [0.05, 0.1) is 0 Å². The van der Waals surface area contributed by atoms with Gasteiger partial charge in [-0.25, -0.2) is 0 Å². The standard InChI is InChI=1S/C14H28N2O/c1-2-3-4-6-10-15-14(17)9-13-16-11-7-5-8-12-16/h2-13H2,1H3,(H,15,17). The average Bonchev–Trinajstić information content (AvgIpc) is 2.37. The predicted molar refractivity (Wildman–Crippen MR) is 72.1 cm³/mol. The highest BCUT2D eigenvalue weighted by Gasteiger charge is 2.11. The number of carbonyl (C=O) groups is 1. The van der Waals surface area contributed by atoms with E-state index in [2.05, 4.69) is 17.1 Å². The fraction of sp³-hybridized carbons (Fsp3) is 0.929. The lowest BCUT2D eigenvalue weighted by Crippen LogP contribution is -2.34. The Hall–Kier alpha value is -0.570. The minimum absolute atomic E-state index is 0.229. The van der Waals surface area contributed by atoms with Crippen molar-refractivity contribution in [3.8, 4) is 0 Å². The number of hydrogen-bond donors (Lipinski definition) is 1. The van der Waals surface area contributed by atoms with Gasteiger partial charge in [-0.2, -0.15) is 0 Å². The molecule has 3 nitrogen and oxygen atoms in total. The summed E-state index contributed by atoms with van der Waals surface area (Å²) in [6.07, 6.45) is 9.55. The zero-order valence-corrected chi connectivity index (χ0v) is 11.3. The van der Waals surface area contributed by atoms with Crippen molar-refractivity contribution < 1.29 is 4.79 Å². The largest absolute Gasteiger partial charge is 0.356 e. The third-order valence-electron chi connectivity index (χ3n) is 3.46. The van der Waals surface area contributed by atoms with Crippen molar-refractivity contribution in [2.24, 2.45) is 0 Å². The molecule has 100 valence electrons. The quantitative estimate of drug-likeness (QED) is 0.661. The Morgan fingerprint density at radius 3 is 2.59 bits per heavy atom. The molecule has 1 aliphatic heterocycles. The van der Waals surface area contributed by atoms with E-state index >= 15 is 0 Å². The lowest BCUT2D eigenvalue weighted by atomic mass is 10.1. The minimum Gasteiger partial charge on any atom is -0.356 e. The van der Waals surface area contributed by atoms with Crippen LogP contribution in [0.15, 0.2) is 0 Å². The van der Waals surface area contributed by atoms with E-state index in [4.69, 9.17) is 0 Å². The summed E-state index contributed by atoms with van der Waals surface area (Å²) in [5.41, 5.74) is 0. The van der Waals surface area contributed by atoms with Crippen molar-refractivity contribution >= 4 is 5.91 Å². The molecule has 1 N–H and O–H groups in total. The van der Waals surface area contributed by atoms with Crippen LogP contribution in [0.2, 0.25) is 0 Å². The van der Waals surface area contributed by atoms with E-state index in [1.165, 1.54) is 51.6 Å². The van der Waals surface area contributed by atoms with E-state index in [-0.39, 0.29) is 5.91 Å². The number of hydrogen-bond acceptors (Lipinski definition) is 2. The Balaban J connectivity index is 1.93. The van der Waals surface area contributed by atoms with Gasteiger partial charge >= 0.3 is 0 Å². The summed E-state index contributed by atoms with van der Waals surface area (Å²) in [6, 6.07) is 0. The van der Waals surface area contributed by atoms with Gasteiger partial charge < -0.3 is 10.2 Å². The minimum atomic E-state index is 0.229. The lowest BCUT2D eigenvalue weighted by Gasteiger charge is -2.25. The van der Waals surface area contributed by atoms with Crippen LogP contribution >= 0.6 is 0 Å². The number of unbranched alkanes of at least 4 members (excludes halogenated alkanes) is 3. The number of likely N-dealkylation sites (tertiary alicyclic amines) is 1. The number of rotatable bonds is 8. The highest BCUT2D eigenvalue weighted by molar-refractivity contribution is 5.75. The summed E-state index contributed by atoms with van der Waals surface area (Å²) in [5.74, 6) is 0.229. The van der Waals surface area contributed by atoms with Crippen LogP contribution in [-0.4, -0.2) is 37.0 Å². The van der Waals surface area contributed by atoms with Crippen LogP contribution in [-0.2, 0) is 4.79 Å². The molecular weight excluding hydrogens is 212 g/mol. The molecule has 1 heterocycles. The van der Waals surface area contributed by atoms with E-state index < -0.39 is 0 Å². The zero-order valence-electron chi connectivity index (χ0n) is 11.3. The van der Waals surface area contributed by atoms with Crippen molar-refractivity contribution in [3.63, 3.8) is 0 Å². The molecule has 0 aromatic rings. The highest BCUT2D eigenvalue weighted by atomic mass is 16.1. The summed E-state index contributed by atoms with van der Waals surface area (Å²) >= 11 is 0. The Kier molecular flexibility index (Phi) is 8.06. The third-order valence-corrected chi connectivity index (χ3v) is 3.46. The van der Waals surface area contributed by atoms with Gasteiger partial charge in [0.25, 0.3) is 0 Å². The molecule has 0 radical (unpaired) electrons. The molecule has 1 fully saturated rings. The molecule has 0 aromatic carbocycles. The van der Waals surface area contributed by atoms with Crippen molar-refractivity contribution in [1.82, 2.24) is 10.2 Å². The highest BCUT2D eigenvalue weighted by Crippen LogP contribution is 2.08. The number of carbonyl (C=O) groups excluding carboxylic acids is 1. The summed E-state index contributed by atoms with van der Waals surface area (Å²) in [5, 5.41) is 3.02.